The van der Waals surface area contributed by atoms with Crippen molar-refractivity contribution in [1.82, 2.24) is 0 Å². The monoisotopic (exact) mass is 211 g/mol. The third-order valence-corrected chi connectivity index (χ3v) is 1.84. The second-order valence-electron chi connectivity index (χ2n) is 2.88. The normalized spacial score (nSPS) is 12.1. The van der Waals surface area contributed by atoms with Crippen LogP contribution in [0.5, 0.6) is 5.75 Å². The molecule has 0 saturated carbocycles. The number of phenols is 1. The van der Waals surface area contributed by atoms with Crippen LogP contribution in [0.15, 0.2) is 18.2 Å². The van der Waals surface area contributed by atoms with E-state index in [4.69, 9.17) is 15.9 Å². The summed E-state index contributed by atoms with van der Waals surface area (Å²) in [6.07, 6.45) is -1.75. The molecule has 1 aromatic carbocycles. The number of benzene rings is 1. The molecule has 1 unspecified atom stereocenters. The molecule has 6 heteroatoms. The zero-order valence-corrected chi connectivity index (χ0v) is 7.54. The van der Waals surface area contributed by atoms with E-state index in [9.17, 15) is 14.7 Å². The Morgan fingerprint density at radius 1 is 1.33 bits per heavy atom. The number of amides is 1. The molecule has 1 amide bonds. The highest BCUT2D eigenvalue weighted by Crippen LogP contribution is 2.22. The summed E-state index contributed by atoms with van der Waals surface area (Å²) in [6.45, 7) is 0. The van der Waals surface area contributed by atoms with E-state index >= 15 is 0 Å². The van der Waals surface area contributed by atoms with Gasteiger partial charge in [-0.3, -0.25) is 4.79 Å². The topological polar surface area (TPSA) is 121 Å². The van der Waals surface area contributed by atoms with E-state index in [1.165, 1.54) is 6.07 Å². The van der Waals surface area contributed by atoms with Gasteiger partial charge in [0.2, 0.25) is 0 Å². The largest absolute Gasteiger partial charge is 0.507 e. The lowest BCUT2D eigenvalue weighted by molar-refractivity contribution is -0.146. The quantitative estimate of drug-likeness (QED) is 0.542. The zero-order valence-electron chi connectivity index (χ0n) is 7.54. The molecule has 0 saturated heterocycles. The van der Waals surface area contributed by atoms with Gasteiger partial charge in [0.15, 0.2) is 6.10 Å². The Hall–Kier alpha value is -2.08. The Bertz CT molecular complexity index is 415. The van der Waals surface area contributed by atoms with E-state index in [2.05, 4.69) is 0 Å². The van der Waals surface area contributed by atoms with Crippen LogP contribution in [0.1, 0.15) is 22.0 Å². The summed E-state index contributed by atoms with van der Waals surface area (Å²) < 4.78 is 0. The summed E-state index contributed by atoms with van der Waals surface area (Å²) in [4.78, 5) is 21.2. The molecule has 0 heterocycles. The second-order valence-corrected chi connectivity index (χ2v) is 2.88. The predicted molar refractivity (Wildman–Crippen MR) is 49.2 cm³/mol. The lowest BCUT2D eigenvalue weighted by Crippen LogP contribution is -2.14. The molecule has 0 aliphatic heterocycles. The summed E-state index contributed by atoms with van der Waals surface area (Å²) in [5.74, 6) is -2.70. The SMILES string of the molecule is NC(=O)c1cc(C(O)C(=O)O)ccc1O. The number of aliphatic carboxylic acids is 1. The van der Waals surface area contributed by atoms with Crippen molar-refractivity contribution in [2.45, 2.75) is 6.10 Å². The predicted octanol–water partition coefficient (Wildman–Crippen LogP) is -0.391. The molecule has 0 aliphatic rings. The fourth-order valence-electron chi connectivity index (χ4n) is 1.06. The van der Waals surface area contributed by atoms with Gasteiger partial charge in [-0.05, 0) is 17.7 Å². The van der Waals surface area contributed by atoms with Crippen LogP contribution in [-0.2, 0) is 4.79 Å². The van der Waals surface area contributed by atoms with Crippen LogP contribution in [0, 0.1) is 0 Å². The Balaban J connectivity index is 3.18. The maximum atomic E-state index is 10.8. The number of carbonyl (C=O) groups is 2. The number of hydrogen-bond donors (Lipinski definition) is 4. The van der Waals surface area contributed by atoms with Crippen molar-refractivity contribution in [3.63, 3.8) is 0 Å². The van der Waals surface area contributed by atoms with E-state index in [0.29, 0.717) is 0 Å². The number of hydrogen-bond acceptors (Lipinski definition) is 4. The highest BCUT2D eigenvalue weighted by Gasteiger charge is 2.18. The fraction of sp³-hybridized carbons (Fsp3) is 0.111. The smallest absolute Gasteiger partial charge is 0.337 e. The van der Waals surface area contributed by atoms with Crippen molar-refractivity contribution in [2.24, 2.45) is 5.73 Å². The van der Waals surface area contributed by atoms with Crippen LogP contribution in [0.3, 0.4) is 0 Å². The van der Waals surface area contributed by atoms with Crippen LogP contribution < -0.4 is 5.73 Å². The van der Waals surface area contributed by atoms with Crippen LogP contribution in [0.4, 0.5) is 0 Å². The second kappa shape index (κ2) is 3.97. The number of aliphatic hydroxyl groups excluding tert-OH is 1. The van der Waals surface area contributed by atoms with Gasteiger partial charge in [-0.15, -0.1) is 0 Å². The van der Waals surface area contributed by atoms with Crippen molar-refractivity contribution < 1.29 is 24.9 Å². The summed E-state index contributed by atoms with van der Waals surface area (Å²) >= 11 is 0. The Morgan fingerprint density at radius 3 is 2.40 bits per heavy atom. The molecule has 6 nitrogen and oxygen atoms in total. The number of carboxylic acid groups (broad SMARTS) is 1. The van der Waals surface area contributed by atoms with Crippen molar-refractivity contribution in [2.75, 3.05) is 0 Å². The van der Waals surface area contributed by atoms with Gasteiger partial charge >= 0.3 is 5.97 Å². The van der Waals surface area contributed by atoms with Crippen molar-refractivity contribution >= 4 is 11.9 Å². The van der Waals surface area contributed by atoms with Gasteiger partial charge in [-0.25, -0.2) is 4.79 Å². The minimum atomic E-state index is -1.75. The van der Waals surface area contributed by atoms with Gasteiger partial charge in [0.25, 0.3) is 5.91 Å². The van der Waals surface area contributed by atoms with E-state index in [1.807, 2.05) is 0 Å². The summed E-state index contributed by atoms with van der Waals surface area (Å²) in [7, 11) is 0. The first-order valence-electron chi connectivity index (χ1n) is 3.97. The average molecular weight is 211 g/mol. The van der Waals surface area contributed by atoms with Gasteiger partial charge in [0, 0.05) is 0 Å². The van der Waals surface area contributed by atoms with E-state index < -0.39 is 18.0 Å². The van der Waals surface area contributed by atoms with Gasteiger partial charge < -0.3 is 21.1 Å². The number of primary amides is 1. The van der Waals surface area contributed by atoms with Crippen molar-refractivity contribution in [1.29, 1.82) is 0 Å². The number of carbonyl (C=O) groups excluding carboxylic acids is 1. The molecule has 1 atom stereocenters. The lowest BCUT2D eigenvalue weighted by Gasteiger charge is -2.07. The van der Waals surface area contributed by atoms with Gasteiger partial charge in [-0.2, -0.15) is 0 Å². The number of aromatic hydroxyl groups is 1. The molecule has 0 aliphatic carbocycles. The highest BCUT2D eigenvalue weighted by molar-refractivity contribution is 5.96. The molecule has 1 aromatic rings. The number of rotatable bonds is 3. The highest BCUT2D eigenvalue weighted by atomic mass is 16.4. The maximum Gasteiger partial charge on any atom is 0.337 e. The van der Waals surface area contributed by atoms with Crippen LogP contribution >= 0.6 is 0 Å². The van der Waals surface area contributed by atoms with E-state index in [1.54, 1.807) is 0 Å². The van der Waals surface area contributed by atoms with Crippen LogP contribution in [0.25, 0.3) is 0 Å². The van der Waals surface area contributed by atoms with Gasteiger partial charge in [0.05, 0.1) is 5.56 Å². The first-order valence-corrected chi connectivity index (χ1v) is 3.97. The number of carboxylic acids is 1. The molecule has 0 spiro atoms. The van der Waals surface area contributed by atoms with E-state index in [0.717, 1.165) is 12.1 Å². The molecule has 0 bridgehead atoms. The molecular weight excluding hydrogens is 202 g/mol. The summed E-state index contributed by atoms with van der Waals surface area (Å²) in [5, 5.41) is 26.9. The standard InChI is InChI=1S/C9H9NO5/c10-8(13)5-3-4(1-2-6(5)11)7(12)9(14)15/h1-3,7,11-12H,(H2,10,13)(H,14,15). The molecule has 15 heavy (non-hydrogen) atoms. The minimum absolute atomic E-state index is 0.0194. The average Bonchev–Trinajstić information content (AvgIpc) is 2.16. The Labute approximate surface area is 84.6 Å². The van der Waals surface area contributed by atoms with E-state index in [-0.39, 0.29) is 16.9 Å². The first kappa shape index (κ1) is 11.0. The summed E-state index contributed by atoms with van der Waals surface area (Å²) in [6, 6.07) is 3.33. The molecule has 5 N–H and O–H groups in total. The maximum absolute atomic E-state index is 10.8. The fourth-order valence-corrected chi connectivity index (χ4v) is 1.06. The lowest BCUT2D eigenvalue weighted by atomic mass is 10.0. The molecule has 1 rings (SSSR count). The molecule has 80 valence electrons. The minimum Gasteiger partial charge on any atom is -0.507 e. The third kappa shape index (κ3) is 2.23. The van der Waals surface area contributed by atoms with Crippen molar-refractivity contribution in [3.05, 3.63) is 29.3 Å². The van der Waals surface area contributed by atoms with Crippen molar-refractivity contribution in [3.8, 4) is 5.75 Å². The zero-order chi connectivity index (χ0) is 11.6. The number of nitrogens with two attached hydrogens (primary N) is 1. The molecular formula is C9H9NO5. The number of aliphatic hydroxyl groups is 1. The molecule has 0 fully saturated rings. The van der Waals surface area contributed by atoms with Gasteiger partial charge in [0.1, 0.15) is 5.75 Å². The third-order valence-electron chi connectivity index (χ3n) is 1.84. The molecule has 0 radical (unpaired) electrons. The van der Waals surface area contributed by atoms with Crippen LogP contribution in [0.2, 0.25) is 0 Å². The summed E-state index contributed by atoms with van der Waals surface area (Å²) in [5.41, 5.74) is 4.68. The Morgan fingerprint density at radius 2 is 1.93 bits per heavy atom. The first-order chi connectivity index (χ1) is 6.93. The molecule has 0 aromatic heterocycles. The van der Waals surface area contributed by atoms with Crippen LogP contribution in [-0.4, -0.2) is 27.2 Å². The Kier molecular flexibility index (Phi) is 2.91. The van der Waals surface area contributed by atoms with Gasteiger partial charge in [-0.1, -0.05) is 6.07 Å².